The third kappa shape index (κ3) is 4.74. The summed E-state index contributed by atoms with van der Waals surface area (Å²) in [4.78, 5) is 11.9. The van der Waals surface area contributed by atoms with E-state index >= 15 is 0 Å². The second kappa shape index (κ2) is 7.31. The van der Waals surface area contributed by atoms with E-state index in [0.29, 0.717) is 23.0 Å². The Morgan fingerprint density at radius 3 is 2.29 bits per heavy atom. The van der Waals surface area contributed by atoms with Gasteiger partial charge >= 0.3 is 6.03 Å². The van der Waals surface area contributed by atoms with E-state index in [1.807, 2.05) is 26.0 Å². The van der Waals surface area contributed by atoms with Crippen molar-refractivity contribution in [3.8, 4) is 0 Å². The molecule has 0 saturated carbocycles. The fourth-order valence-corrected chi connectivity index (χ4v) is 2.97. The molecule has 4 N–H and O–H groups in total. The van der Waals surface area contributed by atoms with Crippen LogP contribution in [0.25, 0.3) is 0 Å². The summed E-state index contributed by atoms with van der Waals surface area (Å²) in [6, 6.07) is 5.66. The number of carbonyl (C=O) groups is 1. The molecule has 1 aliphatic heterocycles. The van der Waals surface area contributed by atoms with Gasteiger partial charge in [0.05, 0.1) is 6.04 Å². The quantitative estimate of drug-likeness (QED) is 0.683. The van der Waals surface area contributed by atoms with Gasteiger partial charge in [-0.1, -0.05) is 23.2 Å². The van der Waals surface area contributed by atoms with Gasteiger partial charge in [0.2, 0.25) is 0 Å². The first-order valence-electron chi connectivity index (χ1n) is 6.96. The number of hydrazine groups is 1. The molecule has 2 unspecified atom stereocenters. The highest BCUT2D eigenvalue weighted by Crippen LogP contribution is 2.19. The fourth-order valence-electron chi connectivity index (χ4n) is 2.40. The molecule has 1 aromatic rings. The Kier molecular flexibility index (Phi) is 5.70. The van der Waals surface area contributed by atoms with Crippen LogP contribution in [0.15, 0.2) is 18.2 Å². The summed E-state index contributed by atoms with van der Waals surface area (Å²) in [6.45, 7) is 4.57. The molecule has 116 valence electrons. The van der Waals surface area contributed by atoms with Gasteiger partial charge in [-0.2, -0.15) is 0 Å². The minimum absolute atomic E-state index is 0.0608. The van der Waals surface area contributed by atoms with E-state index in [2.05, 4.69) is 21.5 Å². The van der Waals surface area contributed by atoms with Gasteiger partial charge in [0, 0.05) is 28.7 Å². The summed E-state index contributed by atoms with van der Waals surface area (Å²) >= 11 is 11.9. The van der Waals surface area contributed by atoms with Gasteiger partial charge in [-0.25, -0.2) is 4.79 Å². The highest BCUT2D eigenvalue weighted by molar-refractivity contribution is 6.34. The molecule has 5 nitrogen and oxygen atoms in total. The van der Waals surface area contributed by atoms with Gasteiger partial charge < -0.3 is 10.6 Å². The molecule has 1 aromatic carbocycles. The van der Waals surface area contributed by atoms with Crippen molar-refractivity contribution in [3.63, 3.8) is 0 Å². The molecule has 2 rings (SSSR count). The minimum Gasteiger partial charge on any atom is -0.338 e. The molecule has 1 heterocycles. The van der Waals surface area contributed by atoms with Crippen LogP contribution >= 0.6 is 23.2 Å². The summed E-state index contributed by atoms with van der Waals surface area (Å²) < 4.78 is 0. The van der Waals surface area contributed by atoms with Crippen LogP contribution < -0.4 is 21.5 Å². The zero-order valence-corrected chi connectivity index (χ0v) is 13.6. The standard InChI is InChI=1S/C14H20Cl2N4O/c1-8-13(9(2)20-19-8)18-14(21)17-4-3-10-5-11(15)7-12(16)6-10/h5-9,13,19-20H,3-4H2,1-2H3,(H2,17,18,21). The number of rotatable bonds is 4. The molecule has 0 bridgehead atoms. The summed E-state index contributed by atoms with van der Waals surface area (Å²) in [6.07, 6.45) is 0.681. The topological polar surface area (TPSA) is 65.2 Å². The van der Waals surface area contributed by atoms with Gasteiger partial charge in [-0.15, -0.1) is 0 Å². The van der Waals surface area contributed by atoms with E-state index in [4.69, 9.17) is 23.2 Å². The Balaban J connectivity index is 1.76. The van der Waals surface area contributed by atoms with Crippen LogP contribution in [0.4, 0.5) is 4.79 Å². The lowest BCUT2D eigenvalue weighted by molar-refractivity contribution is 0.235. The van der Waals surface area contributed by atoms with E-state index < -0.39 is 0 Å². The van der Waals surface area contributed by atoms with E-state index in [1.165, 1.54) is 0 Å². The first-order chi connectivity index (χ1) is 9.95. The Labute approximate surface area is 134 Å². The van der Waals surface area contributed by atoms with Crippen LogP contribution in [0, 0.1) is 0 Å². The molecule has 0 spiro atoms. The molecule has 2 amide bonds. The lowest BCUT2D eigenvalue weighted by Crippen LogP contribution is -2.50. The van der Waals surface area contributed by atoms with Gasteiger partial charge in [-0.05, 0) is 44.0 Å². The van der Waals surface area contributed by atoms with Crippen molar-refractivity contribution in [3.05, 3.63) is 33.8 Å². The van der Waals surface area contributed by atoms with Crippen molar-refractivity contribution >= 4 is 29.2 Å². The van der Waals surface area contributed by atoms with Crippen LogP contribution in [0.5, 0.6) is 0 Å². The Morgan fingerprint density at radius 2 is 1.71 bits per heavy atom. The van der Waals surface area contributed by atoms with Gasteiger partial charge in [0.1, 0.15) is 0 Å². The van der Waals surface area contributed by atoms with E-state index in [9.17, 15) is 4.79 Å². The number of hydrogen-bond donors (Lipinski definition) is 4. The molecule has 7 heteroatoms. The van der Waals surface area contributed by atoms with Crippen molar-refractivity contribution in [1.29, 1.82) is 0 Å². The van der Waals surface area contributed by atoms with Crippen molar-refractivity contribution in [2.24, 2.45) is 0 Å². The maximum atomic E-state index is 11.9. The molecule has 21 heavy (non-hydrogen) atoms. The first-order valence-corrected chi connectivity index (χ1v) is 7.71. The number of carbonyl (C=O) groups excluding carboxylic acids is 1. The third-order valence-electron chi connectivity index (χ3n) is 3.54. The maximum Gasteiger partial charge on any atom is 0.315 e. The first kappa shape index (κ1) is 16.4. The van der Waals surface area contributed by atoms with E-state index in [0.717, 1.165) is 5.56 Å². The number of hydrogen-bond acceptors (Lipinski definition) is 3. The highest BCUT2D eigenvalue weighted by atomic mass is 35.5. The zero-order valence-electron chi connectivity index (χ0n) is 12.0. The number of benzene rings is 1. The predicted octanol–water partition coefficient (Wildman–Crippen LogP) is 2.09. The summed E-state index contributed by atoms with van der Waals surface area (Å²) in [5.41, 5.74) is 7.19. The average Bonchev–Trinajstić information content (AvgIpc) is 2.69. The molecule has 0 aliphatic carbocycles. The molecule has 1 fully saturated rings. The average molecular weight is 331 g/mol. The van der Waals surface area contributed by atoms with Crippen molar-refractivity contribution in [2.45, 2.75) is 38.4 Å². The van der Waals surface area contributed by atoms with Crippen LogP contribution in [0.3, 0.4) is 0 Å². The van der Waals surface area contributed by atoms with Gasteiger partial charge in [0.25, 0.3) is 0 Å². The number of halogens is 2. The number of nitrogens with one attached hydrogen (secondary N) is 4. The second-order valence-corrected chi connectivity index (χ2v) is 6.19. The SMILES string of the molecule is CC1NNC(C)C1NC(=O)NCCc1cc(Cl)cc(Cl)c1. The summed E-state index contributed by atoms with van der Waals surface area (Å²) in [5.74, 6) is 0. The zero-order chi connectivity index (χ0) is 15.4. The fraction of sp³-hybridized carbons (Fsp3) is 0.500. The normalized spacial score (nSPS) is 24.9. The molecule has 0 radical (unpaired) electrons. The molecular formula is C14H20Cl2N4O. The number of urea groups is 1. The monoisotopic (exact) mass is 330 g/mol. The molecule has 2 atom stereocenters. The molecular weight excluding hydrogens is 311 g/mol. The maximum absolute atomic E-state index is 11.9. The number of amides is 2. The molecule has 0 aromatic heterocycles. The second-order valence-electron chi connectivity index (χ2n) is 5.32. The largest absolute Gasteiger partial charge is 0.338 e. The Hall–Kier alpha value is -1.01. The Bertz CT molecular complexity index is 481. The minimum atomic E-state index is -0.169. The summed E-state index contributed by atoms with van der Waals surface area (Å²) in [5, 5.41) is 7.02. The van der Waals surface area contributed by atoms with E-state index in [1.54, 1.807) is 6.07 Å². The lowest BCUT2D eigenvalue weighted by atomic mass is 10.1. The van der Waals surface area contributed by atoms with Crippen molar-refractivity contribution in [2.75, 3.05) is 6.54 Å². The summed E-state index contributed by atoms with van der Waals surface area (Å²) in [7, 11) is 0. The molecule has 1 aliphatic rings. The third-order valence-corrected chi connectivity index (χ3v) is 3.97. The van der Waals surface area contributed by atoms with Crippen molar-refractivity contribution in [1.82, 2.24) is 21.5 Å². The van der Waals surface area contributed by atoms with Crippen LogP contribution in [-0.4, -0.2) is 30.7 Å². The predicted molar refractivity (Wildman–Crippen MR) is 85.7 cm³/mol. The van der Waals surface area contributed by atoms with Gasteiger partial charge in [-0.3, -0.25) is 10.9 Å². The lowest BCUT2D eigenvalue weighted by Gasteiger charge is -2.19. The molecule has 1 saturated heterocycles. The van der Waals surface area contributed by atoms with Gasteiger partial charge in [0.15, 0.2) is 0 Å². The van der Waals surface area contributed by atoms with Crippen LogP contribution in [0.2, 0.25) is 10.0 Å². The van der Waals surface area contributed by atoms with Crippen LogP contribution in [-0.2, 0) is 6.42 Å². The van der Waals surface area contributed by atoms with Crippen molar-refractivity contribution < 1.29 is 4.79 Å². The smallest absolute Gasteiger partial charge is 0.315 e. The van der Waals surface area contributed by atoms with Crippen LogP contribution in [0.1, 0.15) is 19.4 Å². The Morgan fingerprint density at radius 1 is 1.14 bits per heavy atom. The van der Waals surface area contributed by atoms with E-state index in [-0.39, 0.29) is 24.2 Å². The highest BCUT2D eigenvalue weighted by Gasteiger charge is 2.30.